The predicted molar refractivity (Wildman–Crippen MR) is 95.4 cm³/mol. The highest BCUT2D eigenvalue weighted by Gasteiger charge is 2.24. The van der Waals surface area contributed by atoms with Gasteiger partial charge in [0.2, 0.25) is 5.75 Å². The minimum atomic E-state index is -2.92. The van der Waals surface area contributed by atoms with E-state index in [0.717, 1.165) is 12.5 Å². The number of ether oxygens (including phenoxy) is 3. The molecule has 4 nitrogen and oxygen atoms in total. The van der Waals surface area contributed by atoms with Crippen LogP contribution in [0.2, 0.25) is 0 Å². The first kappa shape index (κ1) is 18.6. The molecule has 0 aliphatic rings. The van der Waals surface area contributed by atoms with Gasteiger partial charge in [-0.25, -0.2) is 8.78 Å². The molecule has 0 bridgehead atoms. The second kappa shape index (κ2) is 7.42. The smallest absolute Gasteiger partial charge is 0.270 e. The Labute approximate surface area is 145 Å². The van der Waals surface area contributed by atoms with Crippen molar-refractivity contribution < 1.29 is 23.0 Å². The van der Waals surface area contributed by atoms with Crippen LogP contribution in [0, 0.1) is 0 Å². The molecule has 25 heavy (non-hydrogen) atoms. The molecular formula is C19H21F2NO3. The van der Waals surface area contributed by atoms with Gasteiger partial charge in [0.05, 0.1) is 21.3 Å². The van der Waals surface area contributed by atoms with Crippen molar-refractivity contribution in [3.8, 4) is 17.2 Å². The Morgan fingerprint density at radius 2 is 1.52 bits per heavy atom. The summed E-state index contributed by atoms with van der Waals surface area (Å²) in [4.78, 5) is 0. The first-order valence-corrected chi connectivity index (χ1v) is 7.56. The normalized spacial score (nSPS) is 11.6. The lowest BCUT2D eigenvalue weighted by Crippen LogP contribution is -2.07. The van der Waals surface area contributed by atoms with Crippen LogP contribution in [-0.4, -0.2) is 21.3 Å². The molecule has 0 saturated carbocycles. The van der Waals surface area contributed by atoms with Crippen LogP contribution in [0.3, 0.4) is 0 Å². The van der Waals surface area contributed by atoms with Crippen LogP contribution < -0.4 is 19.9 Å². The molecule has 2 aromatic rings. The second-order valence-corrected chi connectivity index (χ2v) is 5.52. The monoisotopic (exact) mass is 349 g/mol. The molecule has 0 saturated heterocycles. The zero-order valence-electron chi connectivity index (χ0n) is 14.6. The van der Waals surface area contributed by atoms with E-state index in [1.54, 1.807) is 30.4 Å². The van der Waals surface area contributed by atoms with Crippen LogP contribution in [0.25, 0.3) is 12.2 Å². The first-order valence-electron chi connectivity index (χ1n) is 7.56. The number of hydrogen-bond donors (Lipinski definition) is 1. The van der Waals surface area contributed by atoms with E-state index >= 15 is 0 Å². The summed E-state index contributed by atoms with van der Waals surface area (Å²) in [5.41, 5.74) is 7.48. The molecule has 0 atom stereocenters. The fraction of sp³-hybridized carbons (Fsp3) is 0.263. The van der Waals surface area contributed by atoms with Gasteiger partial charge in [-0.3, -0.25) is 0 Å². The van der Waals surface area contributed by atoms with E-state index in [1.807, 2.05) is 0 Å². The summed E-state index contributed by atoms with van der Waals surface area (Å²) in [6.45, 7) is 0.840. The lowest BCUT2D eigenvalue weighted by Gasteiger charge is -2.13. The molecular weight excluding hydrogens is 328 g/mol. The molecule has 134 valence electrons. The van der Waals surface area contributed by atoms with E-state index in [0.29, 0.717) is 22.8 Å². The zero-order valence-corrected chi connectivity index (χ0v) is 14.6. The number of halogens is 2. The van der Waals surface area contributed by atoms with Crippen molar-refractivity contribution in [1.29, 1.82) is 0 Å². The fourth-order valence-corrected chi connectivity index (χ4v) is 2.38. The van der Waals surface area contributed by atoms with Crippen molar-refractivity contribution in [3.05, 3.63) is 47.0 Å². The highest BCUT2D eigenvalue weighted by Crippen LogP contribution is 2.38. The summed E-state index contributed by atoms with van der Waals surface area (Å²) in [5, 5.41) is 0. The van der Waals surface area contributed by atoms with Crippen molar-refractivity contribution in [2.45, 2.75) is 12.8 Å². The standard InChI is InChI=1S/C19H21F2NO3/c1-19(20,21)14-8-7-13(15(22)11-14)6-5-12-9-16(23-2)18(25-4)17(10-12)24-3/h5-11H,22H2,1-4H3/b6-5+. The van der Waals surface area contributed by atoms with Crippen LogP contribution in [0.4, 0.5) is 14.5 Å². The molecule has 2 N–H and O–H groups in total. The molecule has 2 rings (SSSR count). The molecule has 0 unspecified atom stereocenters. The SMILES string of the molecule is COc1cc(/C=C/c2ccc(C(C)(F)F)cc2N)cc(OC)c1OC. The van der Waals surface area contributed by atoms with Crippen molar-refractivity contribution in [3.63, 3.8) is 0 Å². The third-order valence-electron chi connectivity index (χ3n) is 3.74. The van der Waals surface area contributed by atoms with E-state index in [9.17, 15) is 8.78 Å². The van der Waals surface area contributed by atoms with Gasteiger partial charge in [0, 0.05) is 18.2 Å². The number of hydrogen-bond acceptors (Lipinski definition) is 4. The van der Waals surface area contributed by atoms with Crippen LogP contribution in [0.15, 0.2) is 30.3 Å². The Morgan fingerprint density at radius 1 is 0.920 bits per heavy atom. The minimum Gasteiger partial charge on any atom is -0.493 e. The molecule has 0 heterocycles. The van der Waals surface area contributed by atoms with E-state index in [2.05, 4.69) is 0 Å². The Balaban J connectivity index is 2.36. The van der Waals surface area contributed by atoms with Crippen LogP contribution in [0.5, 0.6) is 17.2 Å². The lowest BCUT2D eigenvalue weighted by molar-refractivity contribution is 0.0175. The number of nitrogens with two attached hydrogens (primary N) is 1. The van der Waals surface area contributed by atoms with Gasteiger partial charge in [0.25, 0.3) is 5.92 Å². The summed E-state index contributed by atoms with van der Waals surface area (Å²) >= 11 is 0. The Morgan fingerprint density at radius 3 is 1.96 bits per heavy atom. The number of benzene rings is 2. The average molecular weight is 349 g/mol. The quantitative estimate of drug-likeness (QED) is 0.613. The highest BCUT2D eigenvalue weighted by atomic mass is 19.3. The Hall–Kier alpha value is -2.76. The van der Waals surface area contributed by atoms with Crippen LogP contribution in [0.1, 0.15) is 23.6 Å². The van der Waals surface area contributed by atoms with Crippen molar-refractivity contribution >= 4 is 17.8 Å². The highest BCUT2D eigenvalue weighted by molar-refractivity contribution is 5.77. The molecule has 2 aromatic carbocycles. The van der Waals surface area contributed by atoms with Gasteiger partial charge in [0.15, 0.2) is 11.5 Å². The minimum absolute atomic E-state index is 0.116. The third-order valence-corrected chi connectivity index (χ3v) is 3.74. The molecule has 0 spiro atoms. The van der Waals surface area contributed by atoms with Gasteiger partial charge < -0.3 is 19.9 Å². The molecule has 0 amide bonds. The van der Waals surface area contributed by atoms with Gasteiger partial charge in [0.1, 0.15) is 0 Å². The third kappa shape index (κ3) is 4.21. The zero-order chi connectivity index (χ0) is 18.6. The molecule has 0 aliphatic carbocycles. The van der Waals surface area contributed by atoms with Gasteiger partial charge >= 0.3 is 0 Å². The molecule has 6 heteroatoms. The van der Waals surface area contributed by atoms with E-state index in [-0.39, 0.29) is 11.3 Å². The molecule has 0 radical (unpaired) electrons. The van der Waals surface area contributed by atoms with Crippen LogP contribution in [-0.2, 0) is 5.92 Å². The predicted octanol–water partition coefficient (Wildman–Crippen LogP) is 4.58. The maximum absolute atomic E-state index is 13.3. The van der Waals surface area contributed by atoms with Gasteiger partial charge in [-0.05, 0) is 29.3 Å². The van der Waals surface area contributed by atoms with Crippen molar-refractivity contribution in [2.24, 2.45) is 0 Å². The number of nitrogen functional groups attached to an aromatic ring is 1. The fourth-order valence-electron chi connectivity index (χ4n) is 2.38. The summed E-state index contributed by atoms with van der Waals surface area (Å²) in [7, 11) is 4.60. The van der Waals surface area contributed by atoms with Gasteiger partial charge in [-0.2, -0.15) is 0 Å². The average Bonchev–Trinajstić information content (AvgIpc) is 2.58. The lowest BCUT2D eigenvalue weighted by atomic mass is 10.0. The Kier molecular flexibility index (Phi) is 5.51. The maximum atomic E-state index is 13.3. The first-order chi connectivity index (χ1) is 11.8. The van der Waals surface area contributed by atoms with E-state index in [1.165, 1.54) is 33.5 Å². The van der Waals surface area contributed by atoms with Gasteiger partial charge in [-0.1, -0.05) is 24.3 Å². The summed E-state index contributed by atoms with van der Waals surface area (Å²) < 4.78 is 42.6. The molecule has 0 aliphatic heterocycles. The number of anilines is 1. The Bertz CT molecular complexity index is 758. The van der Waals surface area contributed by atoms with Crippen LogP contribution >= 0.6 is 0 Å². The largest absolute Gasteiger partial charge is 0.493 e. The maximum Gasteiger partial charge on any atom is 0.270 e. The molecule has 0 fully saturated rings. The molecule has 0 aromatic heterocycles. The second-order valence-electron chi connectivity index (χ2n) is 5.52. The summed E-state index contributed by atoms with van der Waals surface area (Å²) in [6, 6.07) is 7.78. The van der Waals surface area contributed by atoms with E-state index in [4.69, 9.17) is 19.9 Å². The van der Waals surface area contributed by atoms with Gasteiger partial charge in [-0.15, -0.1) is 0 Å². The number of methoxy groups -OCH3 is 3. The summed E-state index contributed by atoms with van der Waals surface area (Å²) in [5.74, 6) is -1.38. The number of rotatable bonds is 6. The van der Waals surface area contributed by atoms with Crippen molar-refractivity contribution in [2.75, 3.05) is 27.1 Å². The van der Waals surface area contributed by atoms with Crippen molar-refractivity contribution in [1.82, 2.24) is 0 Å². The van der Waals surface area contributed by atoms with E-state index < -0.39 is 5.92 Å². The number of alkyl halides is 2. The topological polar surface area (TPSA) is 53.7 Å². The summed E-state index contributed by atoms with van der Waals surface area (Å²) in [6.07, 6.45) is 3.54.